The third-order valence-electron chi connectivity index (χ3n) is 5.68. The Morgan fingerprint density at radius 1 is 1.18 bits per heavy atom. The fourth-order valence-corrected chi connectivity index (χ4v) is 4.87. The van der Waals surface area contributed by atoms with Crippen LogP contribution in [0.4, 0.5) is 5.69 Å². The highest BCUT2D eigenvalue weighted by molar-refractivity contribution is 9.10. The van der Waals surface area contributed by atoms with Crippen LogP contribution in [0.3, 0.4) is 0 Å². The summed E-state index contributed by atoms with van der Waals surface area (Å²) in [6, 6.07) is 5.38. The number of amides is 3. The molecule has 0 radical (unpaired) electrons. The van der Waals surface area contributed by atoms with Crippen LogP contribution in [-0.4, -0.2) is 41.7 Å². The summed E-state index contributed by atoms with van der Waals surface area (Å²) in [6.45, 7) is 0.911. The van der Waals surface area contributed by atoms with Crippen molar-refractivity contribution in [3.05, 3.63) is 40.4 Å². The first-order valence-electron chi connectivity index (χ1n) is 9.10. The quantitative estimate of drug-likeness (QED) is 0.424. The molecular formula is C20H19BrN2O5. The van der Waals surface area contributed by atoms with Gasteiger partial charge < -0.3 is 10.1 Å². The zero-order valence-electron chi connectivity index (χ0n) is 15.2. The fourth-order valence-electron chi connectivity index (χ4n) is 4.39. The van der Waals surface area contributed by atoms with Crippen LogP contribution < -0.4 is 5.32 Å². The number of halogens is 1. The van der Waals surface area contributed by atoms with Crippen molar-refractivity contribution in [2.45, 2.75) is 13.3 Å². The Balaban J connectivity index is 1.30. The van der Waals surface area contributed by atoms with Crippen LogP contribution in [0.25, 0.3) is 0 Å². The number of imide groups is 1. The Labute approximate surface area is 170 Å². The molecule has 3 aliphatic rings. The average Bonchev–Trinajstić information content (AvgIpc) is 3.32. The van der Waals surface area contributed by atoms with Crippen molar-refractivity contribution in [1.29, 1.82) is 0 Å². The van der Waals surface area contributed by atoms with Crippen LogP contribution in [0.15, 0.2) is 34.8 Å². The van der Waals surface area contributed by atoms with E-state index in [0.717, 1.165) is 21.4 Å². The van der Waals surface area contributed by atoms with Crippen LogP contribution in [0, 0.1) is 30.6 Å². The number of nitrogens with zero attached hydrogens (tertiary/aromatic N) is 1. The minimum Gasteiger partial charge on any atom is -0.454 e. The highest BCUT2D eigenvalue weighted by Gasteiger charge is 2.59. The summed E-state index contributed by atoms with van der Waals surface area (Å²) in [5, 5.41) is 2.66. The first-order chi connectivity index (χ1) is 13.3. The summed E-state index contributed by atoms with van der Waals surface area (Å²) < 4.78 is 5.86. The zero-order chi connectivity index (χ0) is 20.0. The van der Waals surface area contributed by atoms with E-state index in [1.165, 1.54) is 0 Å². The predicted molar refractivity (Wildman–Crippen MR) is 103 cm³/mol. The lowest BCUT2D eigenvalue weighted by molar-refractivity contribution is -0.154. The molecule has 1 N–H and O–H groups in total. The Bertz CT molecular complexity index is 882. The number of carbonyl (C=O) groups excluding carboxylic acids is 4. The van der Waals surface area contributed by atoms with Crippen molar-refractivity contribution < 1.29 is 23.9 Å². The summed E-state index contributed by atoms with van der Waals surface area (Å²) in [5.41, 5.74) is 1.47. The molecule has 4 atom stereocenters. The number of hydrogen-bond donors (Lipinski definition) is 1. The fraction of sp³-hybridized carbons (Fsp3) is 0.400. The van der Waals surface area contributed by atoms with Crippen molar-refractivity contribution in [3.63, 3.8) is 0 Å². The maximum atomic E-state index is 12.5. The van der Waals surface area contributed by atoms with E-state index in [2.05, 4.69) is 21.2 Å². The van der Waals surface area contributed by atoms with E-state index in [9.17, 15) is 19.2 Å². The standard InChI is InChI=1S/C20H19BrN2O5/c1-10-6-13(21)4-5-14(10)22-15(24)9-28-16(25)8-23-19(26)17-11-2-3-12(7-11)18(17)20(23)27/h2-6,11-12,17-18H,7-9H2,1H3,(H,22,24)/t11-,12-,17-,18-/m0/s1. The van der Waals surface area contributed by atoms with Crippen LogP contribution in [0.1, 0.15) is 12.0 Å². The van der Waals surface area contributed by atoms with Gasteiger partial charge in [0.2, 0.25) is 11.8 Å². The van der Waals surface area contributed by atoms with Gasteiger partial charge in [0.1, 0.15) is 6.54 Å². The Kier molecular flexibility index (Phi) is 4.82. The second kappa shape index (κ2) is 7.16. The predicted octanol–water partition coefficient (Wildman–Crippen LogP) is 2.05. The lowest BCUT2D eigenvalue weighted by atomic mass is 9.85. The van der Waals surface area contributed by atoms with Crippen LogP contribution in [-0.2, 0) is 23.9 Å². The van der Waals surface area contributed by atoms with Crippen molar-refractivity contribution in [2.75, 3.05) is 18.5 Å². The van der Waals surface area contributed by atoms with Gasteiger partial charge in [0.15, 0.2) is 6.61 Å². The highest BCUT2D eigenvalue weighted by atomic mass is 79.9. The van der Waals surface area contributed by atoms with Crippen LogP contribution >= 0.6 is 15.9 Å². The number of nitrogens with one attached hydrogen (secondary N) is 1. The van der Waals surface area contributed by atoms with Crippen molar-refractivity contribution in [1.82, 2.24) is 4.90 Å². The number of allylic oxidation sites excluding steroid dienone is 2. The topological polar surface area (TPSA) is 92.8 Å². The Morgan fingerprint density at radius 3 is 2.43 bits per heavy atom. The van der Waals surface area contributed by atoms with Gasteiger partial charge in [-0.1, -0.05) is 28.1 Å². The maximum absolute atomic E-state index is 12.5. The Hall–Kier alpha value is -2.48. The number of carbonyl (C=O) groups is 4. The second-order valence-electron chi connectivity index (χ2n) is 7.43. The van der Waals surface area contributed by atoms with Crippen molar-refractivity contribution >= 4 is 45.3 Å². The molecular weight excluding hydrogens is 428 g/mol. The molecule has 4 rings (SSSR count). The molecule has 1 aromatic carbocycles. The molecule has 2 bridgehead atoms. The largest absolute Gasteiger partial charge is 0.454 e. The van der Waals surface area contributed by atoms with Crippen molar-refractivity contribution in [3.8, 4) is 0 Å². The molecule has 1 saturated heterocycles. The van der Waals surface area contributed by atoms with Gasteiger partial charge in [0.25, 0.3) is 5.91 Å². The lowest BCUT2D eigenvalue weighted by Gasteiger charge is -2.16. The zero-order valence-corrected chi connectivity index (χ0v) is 16.8. The molecule has 0 spiro atoms. The molecule has 8 heteroatoms. The van der Waals surface area contributed by atoms with Gasteiger partial charge >= 0.3 is 5.97 Å². The number of aryl methyl sites for hydroxylation is 1. The van der Waals surface area contributed by atoms with E-state index >= 15 is 0 Å². The Morgan fingerprint density at radius 2 is 1.82 bits per heavy atom. The molecule has 2 fully saturated rings. The van der Waals surface area contributed by atoms with Crippen LogP contribution in [0.2, 0.25) is 0 Å². The maximum Gasteiger partial charge on any atom is 0.326 e. The van der Waals surface area contributed by atoms with Gasteiger partial charge in [-0.05, 0) is 48.9 Å². The van der Waals surface area contributed by atoms with Gasteiger partial charge in [0.05, 0.1) is 11.8 Å². The van der Waals surface area contributed by atoms with E-state index in [4.69, 9.17) is 4.74 Å². The molecule has 1 aromatic rings. The third kappa shape index (κ3) is 3.26. The first-order valence-corrected chi connectivity index (χ1v) is 9.89. The average molecular weight is 447 g/mol. The summed E-state index contributed by atoms with van der Waals surface area (Å²) in [4.78, 5) is 50.2. The van der Waals surface area contributed by atoms with Gasteiger partial charge in [-0.2, -0.15) is 0 Å². The molecule has 1 heterocycles. The lowest BCUT2D eigenvalue weighted by Crippen LogP contribution is -2.38. The number of benzene rings is 1. The molecule has 1 aliphatic heterocycles. The molecule has 2 aliphatic carbocycles. The van der Waals surface area contributed by atoms with E-state index < -0.39 is 25.0 Å². The first kappa shape index (κ1) is 18.9. The number of esters is 1. The normalized spacial score (nSPS) is 27.3. The number of ether oxygens (including phenoxy) is 1. The summed E-state index contributed by atoms with van der Waals surface area (Å²) in [7, 11) is 0. The number of likely N-dealkylation sites (tertiary alicyclic amines) is 1. The SMILES string of the molecule is Cc1cc(Br)ccc1NC(=O)COC(=O)CN1C(=O)[C@@H]2[C@@H](C1=O)[C@H]1C=C[C@H]2C1. The number of hydrogen-bond acceptors (Lipinski definition) is 5. The van der Waals surface area contributed by atoms with Crippen LogP contribution in [0.5, 0.6) is 0 Å². The van der Waals surface area contributed by atoms with Crippen molar-refractivity contribution in [2.24, 2.45) is 23.7 Å². The number of fused-ring (bicyclic) bond motifs is 5. The van der Waals surface area contributed by atoms with Gasteiger partial charge in [-0.15, -0.1) is 0 Å². The molecule has 146 valence electrons. The minimum absolute atomic E-state index is 0.0902. The smallest absolute Gasteiger partial charge is 0.326 e. The number of rotatable bonds is 5. The molecule has 0 unspecified atom stereocenters. The van der Waals surface area contributed by atoms with E-state index in [1.807, 2.05) is 25.1 Å². The van der Waals surface area contributed by atoms with E-state index in [0.29, 0.717) is 5.69 Å². The third-order valence-corrected chi connectivity index (χ3v) is 6.17. The van der Waals surface area contributed by atoms with Gasteiger partial charge in [0, 0.05) is 10.2 Å². The number of anilines is 1. The summed E-state index contributed by atoms with van der Waals surface area (Å²) in [5.74, 6) is -2.39. The van der Waals surface area contributed by atoms with Gasteiger partial charge in [-0.25, -0.2) is 0 Å². The summed E-state index contributed by atoms with van der Waals surface area (Å²) >= 11 is 3.35. The molecule has 1 saturated carbocycles. The monoisotopic (exact) mass is 446 g/mol. The summed E-state index contributed by atoms with van der Waals surface area (Å²) in [6.07, 6.45) is 4.82. The molecule has 7 nitrogen and oxygen atoms in total. The highest BCUT2D eigenvalue weighted by Crippen LogP contribution is 2.52. The second-order valence-corrected chi connectivity index (χ2v) is 8.35. The molecule has 3 amide bonds. The van der Waals surface area contributed by atoms with E-state index in [-0.39, 0.29) is 35.5 Å². The van der Waals surface area contributed by atoms with Gasteiger partial charge in [-0.3, -0.25) is 24.1 Å². The molecule has 28 heavy (non-hydrogen) atoms. The van der Waals surface area contributed by atoms with E-state index in [1.54, 1.807) is 12.1 Å². The minimum atomic E-state index is -0.773. The molecule has 0 aromatic heterocycles.